The first-order valence-corrected chi connectivity index (χ1v) is 8.92. The first-order valence-electron chi connectivity index (χ1n) is 7.10. The molecule has 0 radical (unpaired) electrons. The standard InChI is InChI=1S/C17H16N2O2S2/c1-21-9-13-5-3-2-4-12(13)8-18-16(20)15-11-23-17(19-15)14-6-7-22-10-14/h2-7,10-11H,8-9H2,1H3,(H,18,20). The van der Waals surface area contributed by atoms with E-state index in [2.05, 4.69) is 10.3 Å². The summed E-state index contributed by atoms with van der Waals surface area (Å²) in [7, 11) is 1.66. The fourth-order valence-electron chi connectivity index (χ4n) is 2.19. The van der Waals surface area contributed by atoms with E-state index in [1.165, 1.54) is 11.3 Å². The van der Waals surface area contributed by atoms with Gasteiger partial charge in [-0.3, -0.25) is 4.79 Å². The Hall–Kier alpha value is -2.02. The van der Waals surface area contributed by atoms with Gasteiger partial charge in [0.05, 0.1) is 6.61 Å². The zero-order chi connectivity index (χ0) is 16.1. The van der Waals surface area contributed by atoms with Crippen molar-refractivity contribution in [2.24, 2.45) is 0 Å². The Morgan fingerprint density at radius 2 is 2.04 bits per heavy atom. The van der Waals surface area contributed by atoms with Crippen molar-refractivity contribution in [1.29, 1.82) is 0 Å². The topological polar surface area (TPSA) is 51.2 Å². The molecule has 3 aromatic rings. The second-order valence-corrected chi connectivity index (χ2v) is 6.57. The van der Waals surface area contributed by atoms with E-state index in [0.29, 0.717) is 18.8 Å². The lowest BCUT2D eigenvalue weighted by atomic mass is 10.1. The Balaban J connectivity index is 1.66. The largest absolute Gasteiger partial charge is 0.380 e. The lowest BCUT2D eigenvalue weighted by Crippen LogP contribution is -2.23. The number of hydrogen-bond donors (Lipinski definition) is 1. The van der Waals surface area contributed by atoms with Crippen molar-refractivity contribution in [3.8, 4) is 10.6 Å². The number of aromatic nitrogens is 1. The minimum atomic E-state index is -0.157. The van der Waals surface area contributed by atoms with Gasteiger partial charge >= 0.3 is 0 Å². The maximum absolute atomic E-state index is 12.3. The van der Waals surface area contributed by atoms with Crippen LogP contribution in [0.4, 0.5) is 0 Å². The number of amides is 1. The molecule has 2 aromatic heterocycles. The normalized spacial score (nSPS) is 10.7. The van der Waals surface area contributed by atoms with Crippen LogP contribution in [0.3, 0.4) is 0 Å². The Kier molecular flexibility index (Phi) is 5.17. The van der Waals surface area contributed by atoms with Gasteiger partial charge in [-0.15, -0.1) is 11.3 Å². The summed E-state index contributed by atoms with van der Waals surface area (Å²) in [5, 5.41) is 9.62. The van der Waals surface area contributed by atoms with E-state index in [9.17, 15) is 4.79 Å². The number of thiophene rings is 1. The fraction of sp³-hybridized carbons (Fsp3) is 0.176. The van der Waals surface area contributed by atoms with Crippen molar-refractivity contribution in [3.63, 3.8) is 0 Å². The number of methoxy groups -OCH3 is 1. The van der Waals surface area contributed by atoms with E-state index < -0.39 is 0 Å². The van der Waals surface area contributed by atoms with Crippen LogP contribution in [0, 0.1) is 0 Å². The van der Waals surface area contributed by atoms with Crippen molar-refractivity contribution < 1.29 is 9.53 Å². The Morgan fingerprint density at radius 3 is 2.78 bits per heavy atom. The Labute approximate surface area is 142 Å². The number of benzene rings is 1. The monoisotopic (exact) mass is 344 g/mol. The third-order valence-electron chi connectivity index (χ3n) is 3.36. The molecule has 0 spiro atoms. The zero-order valence-electron chi connectivity index (χ0n) is 12.6. The van der Waals surface area contributed by atoms with Crippen molar-refractivity contribution >= 4 is 28.6 Å². The van der Waals surface area contributed by atoms with Crippen molar-refractivity contribution in [3.05, 3.63) is 63.3 Å². The third kappa shape index (κ3) is 3.85. The molecule has 0 saturated heterocycles. The van der Waals surface area contributed by atoms with Crippen LogP contribution < -0.4 is 5.32 Å². The van der Waals surface area contributed by atoms with Gasteiger partial charge in [-0.05, 0) is 22.6 Å². The Bertz CT molecular complexity index is 782. The van der Waals surface area contributed by atoms with Crippen LogP contribution in [-0.2, 0) is 17.9 Å². The lowest BCUT2D eigenvalue weighted by Gasteiger charge is -2.09. The molecule has 0 unspecified atom stereocenters. The van der Waals surface area contributed by atoms with Gasteiger partial charge in [0.1, 0.15) is 10.7 Å². The minimum Gasteiger partial charge on any atom is -0.380 e. The predicted octanol–water partition coefficient (Wildman–Crippen LogP) is 3.95. The van der Waals surface area contributed by atoms with Crippen LogP contribution in [0.2, 0.25) is 0 Å². The van der Waals surface area contributed by atoms with Gasteiger partial charge in [0, 0.05) is 30.0 Å². The summed E-state index contributed by atoms with van der Waals surface area (Å²) in [5.41, 5.74) is 3.65. The number of nitrogens with one attached hydrogen (secondary N) is 1. The average molecular weight is 344 g/mol. The molecule has 1 amide bonds. The van der Waals surface area contributed by atoms with E-state index in [1.54, 1.807) is 23.8 Å². The predicted molar refractivity (Wildman–Crippen MR) is 93.8 cm³/mol. The number of carbonyl (C=O) groups is 1. The van der Waals surface area contributed by atoms with Gasteiger partial charge in [-0.25, -0.2) is 4.98 Å². The maximum Gasteiger partial charge on any atom is 0.271 e. The average Bonchev–Trinajstić information content (AvgIpc) is 3.25. The molecule has 1 N–H and O–H groups in total. The zero-order valence-corrected chi connectivity index (χ0v) is 14.2. The van der Waals surface area contributed by atoms with Gasteiger partial charge < -0.3 is 10.1 Å². The molecule has 0 aliphatic carbocycles. The van der Waals surface area contributed by atoms with Crippen molar-refractivity contribution in [1.82, 2.24) is 10.3 Å². The molecule has 0 aliphatic heterocycles. The molecule has 118 valence electrons. The van der Waals surface area contributed by atoms with Crippen molar-refractivity contribution in [2.75, 3.05) is 7.11 Å². The van der Waals surface area contributed by atoms with Crippen LogP contribution in [-0.4, -0.2) is 18.0 Å². The fourth-order valence-corrected chi connectivity index (χ4v) is 3.70. The second kappa shape index (κ2) is 7.50. The Morgan fingerprint density at radius 1 is 1.22 bits per heavy atom. The maximum atomic E-state index is 12.3. The smallest absolute Gasteiger partial charge is 0.271 e. The first kappa shape index (κ1) is 15.9. The number of thiazole rings is 1. The van der Waals surface area contributed by atoms with E-state index in [-0.39, 0.29) is 5.91 Å². The van der Waals surface area contributed by atoms with Crippen LogP contribution in [0.25, 0.3) is 10.6 Å². The SMILES string of the molecule is COCc1ccccc1CNC(=O)c1csc(-c2ccsc2)n1. The minimum absolute atomic E-state index is 0.157. The second-order valence-electron chi connectivity index (χ2n) is 4.93. The molecule has 6 heteroatoms. The highest BCUT2D eigenvalue weighted by Crippen LogP contribution is 2.25. The van der Waals surface area contributed by atoms with Gasteiger partial charge in [0.25, 0.3) is 5.91 Å². The summed E-state index contributed by atoms with van der Waals surface area (Å²) >= 11 is 3.10. The number of rotatable bonds is 6. The van der Waals surface area contributed by atoms with Gasteiger partial charge in [-0.1, -0.05) is 24.3 Å². The molecule has 2 heterocycles. The summed E-state index contributed by atoms with van der Waals surface area (Å²) < 4.78 is 5.18. The third-order valence-corrected chi connectivity index (χ3v) is 4.94. The molecule has 0 atom stereocenters. The van der Waals surface area contributed by atoms with Gasteiger partial charge in [-0.2, -0.15) is 11.3 Å². The molecule has 23 heavy (non-hydrogen) atoms. The summed E-state index contributed by atoms with van der Waals surface area (Å²) in [4.78, 5) is 16.7. The van der Waals surface area contributed by atoms with Crippen LogP contribution in [0.15, 0.2) is 46.5 Å². The van der Waals surface area contributed by atoms with E-state index in [0.717, 1.165) is 21.7 Å². The summed E-state index contributed by atoms with van der Waals surface area (Å²) in [6.07, 6.45) is 0. The van der Waals surface area contributed by atoms with Gasteiger partial charge in [0.2, 0.25) is 0 Å². The highest BCUT2D eigenvalue weighted by molar-refractivity contribution is 7.14. The molecule has 4 nitrogen and oxygen atoms in total. The van der Waals surface area contributed by atoms with E-state index in [1.807, 2.05) is 41.1 Å². The molecular weight excluding hydrogens is 328 g/mol. The molecule has 3 rings (SSSR count). The lowest BCUT2D eigenvalue weighted by molar-refractivity contribution is 0.0946. The number of hydrogen-bond acceptors (Lipinski definition) is 5. The van der Waals surface area contributed by atoms with Crippen LogP contribution >= 0.6 is 22.7 Å². The summed E-state index contributed by atoms with van der Waals surface area (Å²) in [6.45, 7) is 0.995. The molecule has 0 aliphatic rings. The van der Waals surface area contributed by atoms with Crippen molar-refractivity contribution in [2.45, 2.75) is 13.2 Å². The molecule has 0 bridgehead atoms. The molecule has 0 saturated carbocycles. The first-order chi connectivity index (χ1) is 11.3. The summed E-state index contributed by atoms with van der Waals surface area (Å²) in [5.74, 6) is -0.157. The van der Waals surface area contributed by atoms with E-state index in [4.69, 9.17) is 4.74 Å². The van der Waals surface area contributed by atoms with Crippen LogP contribution in [0.5, 0.6) is 0 Å². The van der Waals surface area contributed by atoms with Gasteiger partial charge in [0.15, 0.2) is 0 Å². The molecule has 1 aromatic carbocycles. The van der Waals surface area contributed by atoms with Crippen LogP contribution in [0.1, 0.15) is 21.6 Å². The number of carbonyl (C=O) groups excluding carboxylic acids is 1. The quantitative estimate of drug-likeness (QED) is 0.737. The van der Waals surface area contributed by atoms with E-state index >= 15 is 0 Å². The molecule has 0 fully saturated rings. The highest BCUT2D eigenvalue weighted by atomic mass is 32.1. The molecular formula is C17H16N2O2S2. The summed E-state index contributed by atoms with van der Waals surface area (Å²) in [6, 6.07) is 9.92. The highest BCUT2D eigenvalue weighted by Gasteiger charge is 2.12. The number of nitrogens with zero attached hydrogens (tertiary/aromatic N) is 1. The number of ether oxygens (including phenoxy) is 1.